The summed E-state index contributed by atoms with van der Waals surface area (Å²) in [5, 5.41) is 0.734. The molecule has 0 unspecified atom stereocenters. The van der Waals surface area contributed by atoms with Crippen molar-refractivity contribution in [2.45, 2.75) is 26.2 Å². The summed E-state index contributed by atoms with van der Waals surface area (Å²) >= 11 is 0. The average Bonchev–Trinajstić information content (AvgIpc) is 2.74. The molecule has 1 saturated heterocycles. The molecule has 0 saturated carbocycles. The van der Waals surface area contributed by atoms with Crippen molar-refractivity contribution in [3.05, 3.63) is 48.2 Å². The maximum absolute atomic E-state index is 14.5. The van der Waals surface area contributed by atoms with E-state index in [1.54, 1.807) is 6.07 Å². The minimum Gasteiger partial charge on any atom is -0.357 e. The molecule has 3 heterocycles. The highest BCUT2D eigenvalue weighted by molar-refractivity contribution is 5.89. The van der Waals surface area contributed by atoms with Gasteiger partial charge in [0.25, 0.3) is 0 Å². The number of fused-ring (bicyclic) bond motifs is 1. The lowest BCUT2D eigenvalue weighted by atomic mass is 9.96. The summed E-state index contributed by atoms with van der Waals surface area (Å²) in [5.41, 5.74) is 1.18. The van der Waals surface area contributed by atoms with Gasteiger partial charge in [0.05, 0.1) is 11.2 Å². The van der Waals surface area contributed by atoms with E-state index in [4.69, 9.17) is 0 Å². The van der Waals surface area contributed by atoms with Gasteiger partial charge in [0.1, 0.15) is 24.3 Å². The normalized spacial score (nSPS) is 15.1. The van der Waals surface area contributed by atoms with Crippen molar-refractivity contribution >= 4 is 22.5 Å². The Morgan fingerprint density at radius 3 is 2.59 bits per heavy atom. The van der Waals surface area contributed by atoms with Gasteiger partial charge in [0.15, 0.2) is 11.6 Å². The Balaban J connectivity index is 1.43. The first-order valence-corrected chi connectivity index (χ1v) is 9.92. The van der Waals surface area contributed by atoms with Crippen LogP contribution in [0.2, 0.25) is 0 Å². The number of anilines is 2. The Morgan fingerprint density at radius 2 is 1.83 bits per heavy atom. The van der Waals surface area contributed by atoms with E-state index in [0.717, 1.165) is 49.2 Å². The molecule has 3 aromatic rings. The van der Waals surface area contributed by atoms with E-state index in [0.29, 0.717) is 23.9 Å². The summed E-state index contributed by atoms with van der Waals surface area (Å²) in [6, 6.07) is 4.59. The molecule has 0 radical (unpaired) electrons. The largest absolute Gasteiger partial charge is 0.357 e. The first-order valence-electron chi connectivity index (χ1n) is 9.92. The van der Waals surface area contributed by atoms with Crippen molar-refractivity contribution in [1.82, 2.24) is 19.9 Å². The second-order valence-electron chi connectivity index (χ2n) is 7.48. The second-order valence-corrected chi connectivity index (χ2v) is 7.48. The number of nitrogens with zero attached hydrogens (tertiary/aromatic N) is 6. The quantitative estimate of drug-likeness (QED) is 0.654. The van der Waals surface area contributed by atoms with E-state index in [1.807, 2.05) is 18.9 Å². The van der Waals surface area contributed by atoms with Crippen LogP contribution in [-0.4, -0.2) is 46.6 Å². The number of aryl methyl sites for hydroxylation is 1. The predicted octanol–water partition coefficient (Wildman–Crippen LogP) is 3.61. The first kappa shape index (κ1) is 19.4. The maximum atomic E-state index is 14.5. The van der Waals surface area contributed by atoms with Crippen LogP contribution in [0.4, 0.5) is 20.4 Å². The van der Waals surface area contributed by atoms with E-state index in [1.165, 1.54) is 24.8 Å². The van der Waals surface area contributed by atoms with E-state index >= 15 is 0 Å². The van der Waals surface area contributed by atoms with Crippen molar-refractivity contribution in [1.29, 1.82) is 0 Å². The fourth-order valence-corrected chi connectivity index (χ4v) is 3.98. The number of piperidine rings is 1. The minimum absolute atomic E-state index is 0.289. The van der Waals surface area contributed by atoms with E-state index < -0.39 is 0 Å². The van der Waals surface area contributed by atoms with Crippen LogP contribution in [0.1, 0.15) is 25.5 Å². The summed E-state index contributed by atoms with van der Waals surface area (Å²) in [4.78, 5) is 20.8. The average molecular weight is 398 g/mol. The van der Waals surface area contributed by atoms with Crippen LogP contribution in [0.15, 0.2) is 30.9 Å². The molecule has 0 N–H and O–H groups in total. The Labute approximate surface area is 168 Å². The topological polar surface area (TPSA) is 58.0 Å². The number of halogens is 2. The smallest absolute Gasteiger partial charge is 0.187 e. The molecule has 29 heavy (non-hydrogen) atoms. The van der Waals surface area contributed by atoms with E-state index in [2.05, 4.69) is 24.8 Å². The van der Waals surface area contributed by atoms with Gasteiger partial charge >= 0.3 is 0 Å². The fourth-order valence-electron chi connectivity index (χ4n) is 3.98. The first-order chi connectivity index (χ1) is 14.1. The van der Waals surface area contributed by atoms with E-state index in [9.17, 15) is 8.78 Å². The SMILES string of the molecule is CCc1ncnc(N(C)CC2CCN(c3ncnc4ccc(F)cc34)CC2)c1F. The molecular formula is C21H24F2N6. The second kappa shape index (κ2) is 8.23. The highest BCUT2D eigenvalue weighted by atomic mass is 19.1. The molecule has 1 aliphatic heterocycles. The zero-order valence-corrected chi connectivity index (χ0v) is 16.6. The van der Waals surface area contributed by atoms with Crippen LogP contribution in [0.5, 0.6) is 0 Å². The minimum atomic E-state index is -0.329. The standard InChI is InChI=1S/C21H24F2N6/c1-3-17-19(23)21(27-12-24-17)28(2)11-14-6-8-29(9-7-14)20-16-10-15(22)4-5-18(16)25-13-26-20/h4-5,10,12-14H,3,6-9,11H2,1-2H3. The molecule has 0 bridgehead atoms. The van der Waals surface area contributed by atoms with Gasteiger partial charge in [-0.2, -0.15) is 0 Å². The lowest BCUT2D eigenvalue weighted by Gasteiger charge is -2.35. The summed E-state index contributed by atoms with van der Waals surface area (Å²) in [7, 11) is 1.87. The number of rotatable bonds is 5. The molecule has 8 heteroatoms. The molecule has 152 valence electrons. The van der Waals surface area contributed by atoms with Crippen molar-refractivity contribution in [3.8, 4) is 0 Å². The van der Waals surface area contributed by atoms with Crippen LogP contribution in [0, 0.1) is 17.6 Å². The van der Waals surface area contributed by atoms with Gasteiger partial charge < -0.3 is 9.80 Å². The van der Waals surface area contributed by atoms with Gasteiger partial charge in [-0.3, -0.25) is 0 Å². The fraction of sp³-hybridized carbons (Fsp3) is 0.429. The summed E-state index contributed by atoms with van der Waals surface area (Å²) in [6.45, 7) is 4.24. The van der Waals surface area contributed by atoms with Crippen LogP contribution >= 0.6 is 0 Å². The zero-order valence-electron chi connectivity index (χ0n) is 16.6. The van der Waals surface area contributed by atoms with Crippen LogP contribution in [-0.2, 0) is 6.42 Å². The number of benzene rings is 1. The Morgan fingerprint density at radius 1 is 1.07 bits per heavy atom. The predicted molar refractivity (Wildman–Crippen MR) is 109 cm³/mol. The van der Waals surface area contributed by atoms with Gasteiger partial charge in [-0.05, 0) is 43.4 Å². The molecule has 0 atom stereocenters. The van der Waals surface area contributed by atoms with Crippen molar-refractivity contribution < 1.29 is 8.78 Å². The molecule has 1 fully saturated rings. The number of hydrogen-bond donors (Lipinski definition) is 0. The monoisotopic (exact) mass is 398 g/mol. The molecule has 0 aliphatic carbocycles. The third-order valence-electron chi connectivity index (χ3n) is 5.56. The summed E-state index contributed by atoms with van der Waals surface area (Å²) in [5.74, 6) is 0.931. The third kappa shape index (κ3) is 3.97. The van der Waals surface area contributed by atoms with Gasteiger partial charge in [-0.15, -0.1) is 0 Å². The van der Waals surface area contributed by atoms with Gasteiger partial charge in [0, 0.05) is 32.1 Å². The molecule has 1 aliphatic rings. The zero-order chi connectivity index (χ0) is 20.4. The van der Waals surface area contributed by atoms with Crippen LogP contribution < -0.4 is 9.80 Å². The number of aromatic nitrogens is 4. The Kier molecular flexibility index (Phi) is 5.51. The highest BCUT2D eigenvalue weighted by Gasteiger charge is 2.24. The lowest BCUT2D eigenvalue weighted by molar-refractivity contribution is 0.405. The van der Waals surface area contributed by atoms with E-state index in [-0.39, 0.29) is 11.6 Å². The summed E-state index contributed by atoms with van der Waals surface area (Å²) in [6.07, 6.45) is 5.38. The molecular weight excluding hydrogens is 374 g/mol. The van der Waals surface area contributed by atoms with Gasteiger partial charge in [-0.1, -0.05) is 6.92 Å². The molecule has 1 aromatic carbocycles. The molecule has 2 aromatic heterocycles. The highest BCUT2D eigenvalue weighted by Crippen LogP contribution is 2.29. The van der Waals surface area contributed by atoms with Crippen LogP contribution in [0.25, 0.3) is 10.9 Å². The molecule has 6 nitrogen and oxygen atoms in total. The Bertz CT molecular complexity index is 1000. The third-order valence-corrected chi connectivity index (χ3v) is 5.56. The number of hydrogen-bond acceptors (Lipinski definition) is 6. The molecule has 4 rings (SSSR count). The van der Waals surface area contributed by atoms with Crippen molar-refractivity contribution in [2.24, 2.45) is 5.92 Å². The van der Waals surface area contributed by atoms with Crippen molar-refractivity contribution in [3.63, 3.8) is 0 Å². The van der Waals surface area contributed by atoms with Gasteiger partial charge in [-0.25, -0.2) is 28.7 Å². The van der Waals surface area contributed by atoms with Crippen LogP contribution in [0.3, 0.4) is 0 Å². The molecule has 0 amide bonds. The molecule has 0 spiro atoms. The van der Waals surface area contributed by atoms with Gasteiger partial charge in [0.2, 0.25) is 0 Å². The van der Waals surface area contributed by atoms with Crippen molar-refractivity contribution in [2.75, 3.05) is 36.5 Å². The lowest BCUT2D eigenvalue weighted by Crippen LogP contribution is -2.38. The summed E-state index contributed by atoms with van der Waals surface area (Å²) < 4.78 is 28.2. The Hall–Kier alpha value is -2.90. The maximum Gasteiger partial charge on any atom is 0.187 e.